The smallest absolute Gasteiger partial charge is 0.338 e. The first-order valence-electron chi connectivity index (χ1n) is 5.75. The molecule has 0 saturated heterocycles. The molecule has 0 atom stereocenters. The van der Waals surface area contributed by atoms with Crippen molar-refractivity contribution in [2.24, 2.45) is 0 Å². The van der Waals surface area contributed by atoms with Crippen molar-refractivity contribution in [3.8, 4) is 0 Å². The van der Waals surface area contributed by atoms with Gasteiger partial charge in [0, 0.05) is 0 Å². The molecule has 0 fully saturated rings. The van der Waals surface area contributed by atoms with Crippen LogP contribution in [0.5, 0.6) is 0 Å². The van der Waals surface area contributed by atoms with Crippen molar-refractivity contribution in [1.29, 1.82) is 0 Å². The van der Waals surface area contributed by atoms with E-state index in [4.69, 9.17) is 4.74 Å². The summed E-state index contributed by atoms with van der Waals surface area (Å²) in [7, 11) is 0. The van der Waals surface area contributed by atoms with Crippen LogP contribution < -0.4 is 0 Å². The zero-order chi connectivity index (χ0) is 12.3. The fraction of sp³-hybridized carbons (Fsp3) is 0.385. The molecule has 0 aliphatic rings. The number of thiazole rings is 1. The van der Waals surface area contributed by atoms with E-state index in [0.717, 1.165) is 28.1 Å². The van der Waals surface area contributed by atoms with Crippen LogP contribution in [-0.4, -0.2) is 17.6 Å². The number of hydrogen-bond donors (Lipinski definition) is 0. The number of esters is 1. The van der Waals surface area contributed by atoms with Crippen LogP contribution in [0.4, 0.5) is 0 Å². The highest BCUT2D eigenvalue weighted by molar-refractivity contribution is 7.18. The number of fused-ring (bicyclic) bond motifs is 1. The first-order chi connectivity index (χ1) is 8.20. The molecule has 0 N–H and O–H groups in total. The maximum atomic E-state index is 11.7. The van der Waals surface area contributed by atoms with Crippen molar-refractivity contribution in [1.82, 2.24) is 4.98 Å². The number of aryl methyl sites for hydroxylation is 1. The minimum atomic E-state index is -0.258. The third kappa shape index (κ3) is 2.82. The van der Waals surface area contributed by atoms with E-state index in [-0.39, 0.29) is 5.97 Å². The number of nitrogens with zero attached hydrogens (tertiary/aromatic N) is 1. The van der Waals surface area contributed by atoms with Gasteiger partial charge in [-0.2, -0.15) is 0 Å². The number of aromatic nitrogens is 1. The molecule has 3 nitrogen and oxygen atoms in total. The van der Waals surface area contributed by atoms with Gasteiger partial charge < -0.3 is 4.74 Å². The summed E-state index contributed by atoms with van der Waals surface area (Å²) in [5.74, 6) is -0.258. The molecule has 4 heteroatoms. The molecule has 0 aliphatic heterocycles. The molecule has 0 aliphatic carbocycles. The Hall–Kier alpha value is -1.42. The molecule has 0 saturated carbocycles. The molecule has 0 amide bonds. The highest BCUT2D eigenvalue weighted by Gasteiger charge is 2.09. The van der Waals surface area contributed by atoms with Gasteiger partial charge in [0.1, 0.15) is 0 Å². The molecule has 1 heterocycles. The van der Waals surface area contributed by atoms with Gasteiger partial charge in [-0.1, -0.05) is 13.3 Å². The minimum Gasteiger partial charge on any atom is -0.462 e. The van der Waals surface area contributed by atoms with Gasteiger partial charge in [-0.05, 0) is 31.5 Å². The summed E-state index contributed by atoms with van der Waals surface area (Å²) < 4.78 is 6.27. The van der Waals surface area contributed by atoms with Crippen molar-refractivity contribution >= 4 is 27.5 Å². The van der Waals surface area contributed by atoms with Crippen molar-refractivity contribution in [2.45, 2.75) is 26.7 Å². The number of ether oxygens (including phenoxy) is 1. The van der Waals surface area contributed by atoms with E-state index < -0.39 is 0 Å². The Morgan fingerprint density at radius 1 is 1.47 bits per heavy atom. The Kier molecular flexibility index (Phi) is 3.74. The fourth-order valence-corrected chi connectivity index (χ4v) is 2.37. The lowest BCUT2D eigenvalue weighted by molar-refractivity contribution is 0.0500. The molecular formula is C13H15NO2S. The summed E-state index contributed by atoms with van der Waals surface area (Å²) in [6.45, 7) is 4.52. The SMILES string of the molecule is CCCCOC(=O)c1ccc2sc(C)nc2c1. The zero-order valence-corrected chi connectivity index (χ0v) is 10.8. The second-order valence-corrected chi connectivity index (χ2v) is 5.14. The summed E-state index contributed by atoms with van der Waals surface area (Å²) in [6, 6.07) is 5.53. The molecule has 1 aromatic heterocycles. The highest BCUT2D eigenvalue weighted by Crippen LogP contribution is 2.22. The molecular weight excluding hydrogens is 234 g/mol. The summed E-state index contributed by atoms with van der Waals surface area (Å²) in [5.41, 5.74) is 1.45. The Balaban J connectivity index is 2.15. The van der Waals surface area contributed by atoms with E-state index in [1.165, 1.54) is 0 Å². The molecule has 90 valence electrons. The molecule has 0 radical (unpaired) electrons. The largest absolute Gasteiger partial charge is 0.462 e. The average molecular weight is 249 g/mol. The second kappa shape index (κ2) is 5.27. The van der Waals surface area contributed by atoms with Crippen LogP contribution >= 0.6 is 11.3 Å². The lowest BCUT2D eigenvalue weighted by atomic mass is 10.2. The van der Waals surface area contributed by atoms with Crippen molar-refractivity contribution in [2.75, 3.05) is 6.61 Å². The van der Waals surface area contributed by atoms with Crippen LogP contribution in [0.3, 0.4) is 0 Å². The monoisotopic (exact) mass is 249 g/mol. The Labute approximate surface area is 104 Å². The highest BCUT2D eigenvalue weighted by atomic mass is 32.1. The maximum absolute atomic E-state index is 11.7. The van der Waals surface area contributed by atoms with Crippen LogP contribution in [0.1, 0.15) is 35.1 Å². The summed E-state index contributed by atoms with van der Waals surface area (Å²) >= 11 is 1.63. The van der Waals surface area contributed by atoms with Crippen LogP contribution in [0.2, 0.25) is 0 Å². The lowest BCUT2D eigenvalue weighted by Crippen LogP contribution is -2.06. The van der Waals surface area contributed by atoms with Crippen molar-refractivity contribution in [3.05, 3.63) is 28.8 Å². The normalized spacial score (nSPS) is 10.7. The maximum Gasteiger partial charge on any atom is 0.338 e. The first kappa shape index (κ1) is 12.0. The lowest BCUT2D eigenvalue weighted by Gasteiger charge is -2.03. The molecule has 2 rings (SSSR count). The van der Waals surface area contributed by atoms with Gasteiger partial charge in [0.25, 0.3) is 0 Å². The standard InChI is InChI=1S/C13H15NO2S/c1-3-4-7-16-13(15)10-5-6-12-11(8-10)14-9(2)17-12/h5-6,8H,3-4,7H2,1-2H3. The Morgan fingerprint density at radius 2 is 2.29 bits per heavy atom. The van der Waals surface area contributed by atoms with E-state index in [0.29, 0.717) is 12.2 Å². The first-order valence-corrected chi connectivity index (χ1v) is 6.56. The van der Waals surface area contributed by atoms with Crippen LogP contribution in [0.25, 0.3) is 10.2 Å². The number of unbranched alkanes of at least 4 members (excludes halogenated alkanes) is 1. The summed E-state index contributed by atoms with van der Waals surface area (Å²) in [6.07, 6.45) is 1.93. The predicted molar refractivity (Wildman–Crippen MR) is 69.5 cm³/mol. The molecule has 0 bridgehead atoms. The third-order valence-corrected chi connectivity index (χ3v) is 3.41. The van der Waals surface area contributed by atoms with Gasteiger partial charge in [-0.15, -0.1) is 11.3 Å². The van der Waals surface area contributed by atoms with Gasteiger partial charge in [-0.25, -0.2) is 9.78 Å². The van der Waals surface area contributed by atoms with E-state index in [1.807, 2.05) is 13.0 Å². The Morgan fingerprint density at radius 3 is 3.06 bits per heavy atom. The van der Waals surface area contributed by atoms with Gasteiger partial charge >= 0.3 is 5.97 Å². The van der Waals surface area contributed by atoms with E-state index >= 15 is 0 Å². The van der Waals surface area contributed by atoms with Crippen molar-refractivity contribution in [3.63, 3.8) is 0 Å². The quantitative estimate of drug-likeness (QED) is 0.614. The molecule has 2 aromatic rings. The second-order valence-electron chi connectivity index (χ2n) is 3.90. The van der Waals surface area contributed by atoms with Crippen LogP contribution in [0.15, 0.2) is 18.2 Å². The van der Waals surface area contributed by atoms with Gasteiger partial charge in [0.05, 0.1) is 27.4 Å². The number of hydrogen-bond acceptors (Lipinski definition) is 4. The topological polar surface area (TPSA) is 39.2 Å². The van der Waals surface area contributed by atoms with Crippen molar-refractivity contribution < 1.29 is 9.53 Å². The molecule has 17 heavy (non-hydrogen) atoms. The van der Waals surface area contributed by atoms with E-state index in [2.05, 4.69) is 11.9 Å². The Bertz CT molecular complexity index is 533. The summed E-state index contributed by atoms with van der Waals surface area (Å²) in [4.78, 5) is 16.1. The minimum absolute atomic E-state index is 0.258. The molecule has 0 spiro atoms. The van der Waals surface area contributed by atoms with Gasteiger partial charge in [0.2, 0.25) is 0 Å². The number of rotatable bonds is 4. The summed E-state index contributed by atoms with van der Waals surface area (Å²) in [5, 5.41) is 1.01. The van der Waals surface area contributed by atoms with E-state index in [1.54, 1.807) is 23.5 Å². The van der Waals surface area contributed by atoms with Crippen LogP contribution in [-0.2, 0) is 4.74 Å². The van der Waals surface area contributed by atoms with Gasteiger partial charge in [0.15, 0.2) is 0 Å². The number of benzene rings is 1. The third-order valence-electron chi connectivity index (χ3n) is 2.46. The molecule has 0 unspecified atom stereocenters. The number of carbonyl (C=O) groups is 1. The zero-order valence-electron chi connectivity index (χ0n) is 10.0. The fourth-order valence-electron chi connectivity index (χ4n) is 1.56. The number of carbonyl (C=O) groups excluding carboxylic acids is 1. The predicted octanol–water partition coefficient (Wildman–Crippen LogP) is 3.56. The average Bonchev–Trinajstić information content (AvgIpc) is 2.68. The van der Waals surface area contributed by atoms with E-state index in [9.17, 15) is 4.79 Å². The molecule has 1 aromatic carbocycles. The van der Waals surface area contributed by atoms with Crippen LogP contribution in [0, 0.1) is 6.92 Å². The van der Waals surface area contributed by atoms with Gasteiger partial charge in [-0.3, -0.25) is 0 Å².